The third-order valence-electron chi connectivity index (χ3n) is 1.55. The molecule has 0 spiro atoms. The third-order valence-corrected chi connectivity index (χ3v) is 1.55. The van der Waals surface area contributed by atoms with Crippen LogP contribution in [0.2, 0.25) is 0 Å². The molecule has 12 heavy (non-hydrogen) atoms. The molecule has 0 aliphatic rings. The lowest BCUT2D eigenvalue weighted by Gasteiger charge is -2.05. The van der Waals surface area contributed by atoms with Crippen LogP contribution >= 0.6 is 0 Å². The maximum atomic E-state index is 10.9. The molecule has 0 aliphatic heterocycles. The Bertz CT molecular complexity index is 445. The summed E-state index contributed by atoms with van der Waals surface area (Å²) in [6, 6.07) is -1.76. The van der Waals surface area contributed by atoms with E-state index in [1.807, 2.05) is 0 Å². The second kappa shape index (κ2) is 3.90. The summed E-state index contributed by atoms with van der Waals surface area (Å²) in [5, 5.41) is 0. The van der Waals surface area contributed by atoms with Gasteiger partial charge in [0.25, 0.3) is 0 Å². The Kier molecular flexibility index (Phi) is 1.33. The van der Waals surface area contributed by atoms with Crippen LogP contribution in [-0.4, -0.2) is 5.91 Å². The molecule has 0 saturated carbocycles. The molecule has 2 nitrogen and oxygen atoms in total. The van der Waals surface area contributed by atoms with Crippen LogP contribution in [0, 0.1) is 5.92 Å². The molecule has 1 unspecified atom stereocenters. The van der Waals surface area contributed by atoms with E-state index in [0.29, 0.717) is 0 Å². The van der Waals surface area contributed by atoms with E-state index in [1.165, 1.54) is 0 Å². The molecule has 0 heterocycles. The molecule has 1 aromatic rings. The van der Waals surface area contributed by atoms with Gasteiger partial charge in [0, 0.05) is 5.92 Å². The first-order valence-electron chi connectivity index (χ1n) is 6.12. The minimum atomic E-state index is -0.571. The molecule has 0 radical (unpaired) electrons. The van der Waals surface area contributed by atoms with Crippen LogP contribution in [0.3, 0.4) is 0 Å². The fourth-order valence-electron chi connectivity index (χ4n) is 0.785. The highest BCUT2D eigenvalue weighted by Gasteiger charge is 2.08. The molecule has 1 aromatic carbocycles. The molecular formula is C10H13NO. The molecule has 1 rings (SSSR count). The number of carbonyl (C=O) groups excluding carboxylic acids is 1. The summed E-state index contributed by atoms with van der Waals surface area (Å²) in [6.07, 6.45) is 0.0467. The lowest BCUT2D eigenvalue weighted by Crippen LogP contribution is -2.22. The molecule has 1 atom stereocenters. The molecule has 2 heteroatoms. The van der Waals surface area contributed by atoms with Crippen molar-refractivity contribution in [2.24, 2.45) is 11.7 Å². The van der Waals surface area contributed by atoms with E-state index in [9.17, 15) is 4.79 Å². The van der Waals surface area contributed by atoms with Crippen molar-refractivity contribution in [1.82, 2.24) is 0 Å². The van der Waals surface area contributed by atoms with Crippen LogP contribution in [0.15, 0.2) is 30.2 Å². The smallest absolute Gasteiger partial charge is 0.220 e. The summed E-state index contributed by atoms with van der Waals surface area (Å²) >= 11 is 0. The van der Waals surface area contributed by atoms with E-state index >= 15 is 0 Å². The number of benzene rings is 1. The van der Waals surface area contributed by atoms with Gasteiger partial charge in [0.15, 0.2) is 0 Å². The molecule has 0 fully saturated rings. The van der Waals surface area contributed by atoms with Crippen molar-refractivity contribution < 1.29 is 11.6 Å². The van der Waals surface area contributed by atoms with E-state index in [0.717, 1.165) is 0 Å². The van der Waals surface area contributed by atoms with Gasteiger partial charge >= 0.3 is 0 Å². The Morgan fingerprint density at radius 1 is 1.58 bits per heavy atom. The summed E-state index contributed by atoms with van der Waals surface area (Å²) in [5.74, 6) is -1.13. The van der Waals surface area contributed by atoms with Crippen molar-refractivity contribution in [3.63, 3.8) is 0 Å². The highest BCUT2D eigenvalue weighted by Crippen LogP contribution is 2.06. The predicted octanol–water partition coefficient (Wildman–Crippen LogP) is 1.35. The monoisotopic (exact) mass is 168 g/mol. The van der Waals surface area contributed by atoms with Crippen molar-refractivity contribution in [2.45, 2.75) is 13.3 Å². The summed E-state index contributed by atoms with van der Waals surface area (Å²) in [4.78, 5) is 10.9. The minimum absolute atomic E-state index is 0.0467. The zero-order chi connectivity index (χ0) is 13.3. The standard InChI is InChI=1S/C10H13NO/c1-8(10(11)12)7-9-5-3-2-4-6-9/h2-6,8H,7H2,1H3,(H2,11,12)/i2D,3D,4D,5D,6D. The first-order chi connectivity index (χ1) is 7.77. The predicted molar refractivity (Wildman–Crippen MR) is 48.5 cm³/mol. The Morgan fingerprint density at radius 2 is 2.17 bits per heavy atom. The number of primary amides is 1. The molecule has 1 amide bonds. The Hall–Kier alpha value is -1.31. The van der Waals surface area contributed by atoms with Gasteiger partial charge in [0.1, 0.15) is 0 Å². The van der Waals surface area contributed by atoms with Crippen molar-refractivity contribution in [3.05, 3.63) is 35.8 Å². The number of hydrogen-bond donors (Lipinski definition) is 1. The van der Waals surface area contributed by atoms with Gasteiger partial charge in [-0.05, 0) is 12.0 Å². The molecule has 0 aliphatic carbocycles. The van der Waals surface area contributed by atoms with Crippen LogP contribution in [0.25, 0.3) is 0 Å². The lowest BCUT2D eigenvalue weighted by atomic mass is 10.0. The fourth-order valence-corrected chi connectivity index (χ4v) is 0.785. The Labute approximate surface area is 79.4 Å². The van der Waals surface area contributed by atoms with Gasteiger partial charge < -0.3 is 5.73 Å². The van der Waals surface area contributed by atoms with E-state index in [-0.39, 0.29) is 24.1 Å². The van der Waals surface area contributed by atoms with Gasteiger partial charge in [-0.15, -0.1) is 0 Å². The summed E-state index contributed by atoms with van der Waals surface area (Å²) in [7, 11) is 0. The number of carbonyl (C=O) groups is 1. The van der Waals surface area contributed by atoms with Crippen LogP contribution in [0.1, 0.15) is 19.3 Å². The third kappa shape index (κ3) is 2.38. The molecule has 0 aromatic heterocycles. The topological polar surface area (TPSA) is 43.1 Å². The van der Waals surface area contributed by atoms with Crippen LogP contribution in [0.4, 0.5) is 0 Å². The maximum absolute atomic E-state index is 10.9. The van der Waals surface area contributed by atoms with Crippen molar-refractivity contribution in [3.8, 4) is 0 Å². The first kappa shape index (κ1) is 4.08. The highest BCUT2D eigenvalue weighted by atomic mass is 16.1. The zero-order valence-electron chi connectivity index (χ0n) is 11.8. The molecule has 0 bridgehead atoms. The molecule has 0 saturated heterocycles. The number of nitrogens with two attached hydrogens (primary N) is 1. The first-order valence-corrected chi connectivity index (χ1v) is 3.62. The van der Waals surface area contributed by atoms with Gasteiger partial charge in [-0.2, -0.15) is 0 Å². The second-order valence-corrected chi connectivity index (χ2v) is 2.61. The van der Waals surface area contributed by atoms with Crippen LogP contribution in [0.5, 0.6) is 0 Å². The normalized spacial score (nSPS) is 18.2. The number of amides is 1. The van der Waals surface area contributed by atoms with Crippen LogP contribution in [-0.2, 0) is 11.2 Å². The Balaban J connectivity index is 3.30. The maximum Gasteiger partial charge on any atom is 0.220 e. The minimum Gasteiger partial charge on any atom is -0.369 e. The average molecular weight is 168 g/mol. The summed E-state index contributed by atoms with van der Waals surface area (Å²) in [5.41, 5.74) is 5.22. The van der Waals surface area contributed by atoms with E-state index < -0.39 is 30.0 Å². The lowest BCUT2D eigenvalue weighted by molar-refractivity contribution is -0.121. The van der Waals surface area contributed by atoms with Crippen molar-refractivity contribution in [2.75, 3.05) is 0 Å². The quantitative estimate of drug-likeness (QED) is 0.727. The average Bonchev–Trinajstić information content (AvgIpc) is 2.29. The number of hydrogen-bond acceptors (Lipinski definition) is 1. The number of rotatable bonds is 3. The zero-order valence-corrected chi connectivity index (χ0v) is 6.77. The summed E-state index contributed by atoms with van der Waals surface area (Å²) < 4.78 is 37.6. The van der Waals surface area contributed by atoms with E-state index in [4.69, 9.17) is 12.6 Å². The van der Waals surface area contributed by atoms with E-state index in [2.05, 4.69) is 0 Å². The largest absolute Gasteiger partial charge is 0.369 e. The van der Waals surface area contributed by atoms with E-state index in [1.54, 1.807) is 6.92 Å². The SMILES string of the molecule is [2H]c1c([2H])c([2H])c(CC(C)C(N)=O)c([2H])c1[2H]. The van der Waals surface area contributed by atoms with Gasteiger partial charge in [0.05, 0.1) is 6.85 Å². The van der Waals surface area contributed by atoms with Crippen molar-refractivity contribution >= 4 is 5.91 Å². The van der Waals surface area contributed by atoms with Gasteiger partial charge in [-0.1, -0.05) is 37.1 Å². The van der Waals surface area contributed by atoms with Gasteiger partial charge in [0.2, 0.25) is 5.91 Å². The van der Waals surface area contributed by atoms with Gasteiger partial charge in [-0.3, -0.25) is 4.79 Å². The molecular weight excluding hydrogens is 150 g/mol. The van der Waals surface area contributed by atoms with Crippen molar-refractivity contribution in [1.29, 1.82) is 0 Å². The molecule has 64 valence electrons. The van der Waals surface area contributed by atoms with Gasteiger partial charge in [-0.25, -0.2) is 0 Å². The Morgan fingerprint density at radius 3 is 2.67 bits per heavy atom. The molecule has 2 N–H and O–H groups in total. The highest BCUT2D eigenvalue weighted by molar-refractivity contribution is 5.76. The second-order valence-electron chi connectivity index (χ2n) is 2.61. The fraction of sp³-hybridized carbons (Fsp3) is 0.300. The summed E-state index contributed by atoms with van der Waals surface area (Å²) in [6.45, 7) is 1.56. The van der Waals surface area contributed by atoms with Crippen LogP contribution < -0.4 is 5.73 Å².